The zero-order valence-corrected chi connectivity index (χ0v) is 21.9. The molecule has 3 aliphatic heterocycles. The average molecular weight is 498 g/mol. The van der Waals surface area contributed by atoms with Crippen molar-refractivity contribution in [1.82, 2.24) is 19.8 Å². The van der Waals surface area contributed by atoms with E-state index in [2.05, 4.69) is 51.4 Å². The number of thiophene rings is 2. The molecule has 3 atom stereocenters. The molecule has 3 aromatic heterocycles. The van der Waals surface area contributed by atoms with Gasteiger partial charge in [-0.2, -0.15) is 0 Å². The Bertz CT molecular complexity index is 1100. The zero-order valence-electron chi connectivity index (χ0n) is 20.3. The lowest BCUT2D eigenvalue weighted by atomic mass is 10.0. The maximum Gasteiger partial charge on any atom is 0.146 e. The minimum Gasteiger partial charge on any atom is -0.379 e. The highest BCUT2D eigenvalue weighted by Gasteiger charge is 2.36. The van der Waals surface area contributed by atoms with E-state index < -0.39 is 0 Å². The lowest BCUT2D eigenvalue weighted by Gasteiger charge is -2.42. The largest absolute Gasteiger partial charge is 0.379 e. The number of nitrogens with zero attached hydrogens (tertiary/aromatic N) is 5. The van der Waals surface area contributed by atoms with Gasteiger partial charge in [-0.3, -0.25) is 9.80 Å². The molecule has 0 spiro atoms. The summed E-state index contributed by atoms with van der Waals surface area (Å²) in [6, 6.07) is 6.35. The molecule has 6 nitrogen and oxygen atoms in total. The summed E-state index contributed by atoms with van der Waals surface area (Å²) in [4.78, 5) is 20.6. The normalized spacial score (nSPS) is 27.1. The van der Waals surface area contributed by atoms with Gasteiger partial charge in [-0.15, -0.1) is 22.7 Å². The van der Waals surface area contributed by atoms with E-state index in [9.17, 15) is 0 Å². The Morgan fingerprint density at radius 1 is 1.03 bits per heavy atom. The monoisotopic (exact) mass is 497 g/mol. The van der Waals surface area contributed by atoms with Gasteiger partial charge in [0.15, 0.2) is 0 Å². The van der Waals surface area contributed by atoms with Gasteiger partial charge in [-0.25, -0.2) is 9.97 Å². The molecule has 3 aromatic rings. The first kappa shape index (κ1) is 22.9. The molecule has 0 bridgehead atoms. The van der Waals surface area contributed by atoms with Gasteiger partial charge in [-0.1, -0.05) is 6.07 Å². The molecule has 3 fully saturated rings. The fourth-order valence-electron chi connectivity index (χ4n) is 6.16. The van der Waals surface area contributed by atoms with Gasteiger partial charge in [0.25, 0.3) is 0 Å². The summed E-state index contributed by atoms with van der Waals surface area (Å²) in [7, 11) is 0. The third kappa shape index (κ3) is 4.39. The molecule has 34 heavy (non-hydrogen) atoms. The van der Waals surface area contributed by atoms with E-state index in [1.807, 2.05) is 11.3 Å². The number of morpholine rings is 1. The number of rotatable bonds is 5. The summed E-state index contributed by atoms with van der Waals surface area (Å²) in [5.41, 5.74) is 1.30. The van der Waals surface area contributed by atoms with Crippen LogP contribution in [0.15, 0.2) is 22.9 Å². The fourth-order valence-corrected chi connectivity index (χ4v) is 7.94. The molecule has 0 N–H and O–H groups in total. The van der Waals surface area contributed by atoms with Gasteiger partial charge >= 0.3 is 0 Å². The molecular formula is C26H35N5OS2. The molecular weight excluding hydrogens is 462 g/mol. The van der Waals surface area contributed by atoms with E-state index in [-0.39, 0.29) is 0 Å². The second kappa shape index (κ2) is 9.82. The zero-order chi connectivity index (χ0) is 23.1. The van der Waals surface area contributed by atoms with Crippen LogP contribution in [0.2, 0.25) is 0 Å². The van der Waals surface area contributed by atoms with Crippen LogP contribution in [0, 0.1) is 0 Å². The number of likely N-dealkylation sites (tertiary alicyclic amines) is 1. The third-order valence-electron chi connectivity index (χ3n) is 7.85. The molecule has 6 heterocycles. The van der Waals surface area contributed by atoms with E-state index in [0.29, 0.717) is 18.1 Å². The molecule has 0 radical (unpaired) electrons. The van der Waals surface area contributed by atoms with Crippen LogP contribution in [0.1, 0.15) is 45.4 Å². The van der Waals surface area contributed by atoms with Gasteiger partial charge < -0.3 is 9.64 Å². The Hall–Kier alpha value is -1.58. The Labute approximate surface area is 210 Å². The summed E-state index contributed by atoms with van der Waals surface area (Å²) in [5, 5.41) is 5.71. The van der Waals surface area contributed by atoms with Crippen molar-refractivity contribution in [3.05, 3.63) is 28.7 Å². The number of fused-ring (bicyclic) bond motifs is 1. The second-order valence-corrected chi connectivity index (χ2v) is 11.9. The average Bonchev–Trinajstić information content (AvgIpc) is 3.60. The van der Waals surface area contributed by atoms with Crippen LogP contribution in [-0.4, -0.2) is 77.3 Å². The first-order valence-electron chi connectivity index (χ1n) is 12.8. The van der Waals surface area contributed by atoms with Gasteiger partial charge in [-0.05, 0) is 51.0 Å². The first-order valence-corrected chi connectivity index (χ1v) is 14.6. The van der Waals surface area contributed by atoms with E-state index in [1.54, 1.807) is 11.3 Å². The molecule has 0 saturated carbocycles. The topological polar surface area (TPSA) is 44.7 Å². The molecule has 0 aromatic carbocycles. The highest BCUT2D eigenvalue weighted by molar-refractivity contribution is 7.18. The molecule has 0 amide bonds. The van der Waals surface area contributed by atoms with E-state index in [0.717, 1.165) is 62.4 Å². The summed E-state index contributed by atoms with van der Waals surface area (Å²) in [6.45, 7) is 11.3. The van der Waals surface area contributed by atoms with E-state index in [1.165, 1.54) is 41.5 Å². The summed E-state index contributed by atoms with van der Waals surface area (Å²) < 4.78 is 5.56. The number of piperidine rings is 1. The Morgan fingerprint density at radius 2 is 1.85 bits per heavy atom. The van der Waals surface area contributed by atoms with Crippen molar-refractivity contribution < 1.29 is 4.74 Å². The van der Waals surface area contributed by atoms with Crippen molar-refractivity contribution in [2.24, 2.45) is 0 Å². The van der Waals surface area contributed by atoms with Crippen molar-refractivity contribution in [1.29, 1.82) is 0 Å². The van der Waals surface area contributed by atoms with E-state index in [4.69, 9.17) is 14.7 Å². The Kier molecular flexibility index (Phi) is 6.60. The van der Waals surface area contributed by atoms with Crippen LogP contribution in [0.3, 0.4) is 0 Å². The molecule has 0 unspecified atom stereocenters. The Morgan fingerprint density at radius 3 is 2.62 bits per heavy atom. The molecule has 3 saturated heterocycles. The quantitative estimate of drug-likeness (QED) is 0.489. The second-order valence-electron chi connectivity index (χ2n) is 10.1. The van der Waals surface area contributed by atoms with Crippen LogP contribution in [0.5, 0.6) is 0 Å². The molecule has 8 heteroatoms. The number of anilines is 1. The van der Waals surface area contributed by atoms with E-state index >= 15 is 0 Å². The maximum atomic E-state index is 5.56. The van der Waals surface area contributed by atoms with Crippen molar-refractivity contribution in [2.75, 3.05) is 44.3 Å². The summed E-state index contributed by atoms with van der Waals surface area (Å²) in [6.07, 6.45) is 5.17. The van der Waals surface area contributed by atoms with Crippen molar-refractivity contribution in [2.45, 2.75) is 64.2 Å². The molecule has 6 rings (SSSR count). The highest BCUT2D eigenvalue weighted by atomic mass is 32.1. The minimum absolute atomic E-state index is 0.609. The minimum atomic E-state index is 0.609. The fraction of sp³-hybridized carbons (Fsp3) is 0.615. The standard InChI is InChI=1S/C26H35N5OS2/c1-18-7-8-19(2)31(18)20-5-3-9-30(15-20)25-24-21(22-6-4-14-33-22)17-34-26(24)28-23(27-25)16-29-10-12-32-13-11-29/h4,6,14,17-20H,3,5,7-13,15-16H2,1-2H3/t18-,19+,20-/m0/s1. The van der Waals surface area contributed by atoms with Gasteiger partial charge in [0.2, 0.25) is 0 Å². The maximum absolute atomic E-state index is 5.56. The van der Waals surface area contributed by atoms with Crippen molar-refractivity contribution >= 4 is 38.7 Å². The predicted octanol–water partition coefficient (Wildman–Crippen LogP) is 5.09. The number of hydrogen-bond acceptors (Lipinski definition) is 8. The number of aromatic nitrogens is 2. The smallest absolute Gasteiger partial charge is 0.146 e. The summed E-state index contributed by atoms with van der Waals surface area (Å²) in [5.74, 6) is 2.11. The number of ether oxygens (including phenoxy) is 1. The van der Waals surface area contributed by atoms with Gasteiger partial charge in [0, 0.05) is 60.1 Å². The highest BCUT2D eigenvalue weighted by Crippen LogP contribution is 2.41. The van der Waals surface area contributed by atoms with Crippen LogP contribution in [-0.2, 0) is 11.3 Å². The van der Waals surface area contributed by atoms with Gasteiger partial charge in [0.05, 0.1) is 25.1 Å². The first-order chi connectivity index (χ1) is 16.7. The lowest BCUT2D eigenvalue weighted by molar-refractivity contribution is 0.0331. The van der Waals surface area contributed by atoms with Crippen LogP contribution >= 0.6 is 22.7 Å². The third-order valence-corrected chi connectivity index (χ3v) is 9.63. The number of hydrogen-bond donors (Lipinski definition) is 0. The predicted molar refractivity (Wildman–Crippen MR) is 142 cm³/mol. The lowest BCUT2D eigenvalue weighted by Crippen LogP contribution is -2.51. The Balaban J connectivity index is 1.37. The van der Waals surface area contributed by atoms with Crippen LogP contribution < -0.4 is 4.90 Å². The van der Waals surface area contributed by atoms with Crippen molar-refractivity contribution in [3.8, 4) is 10.4 Å². The van der Waals surface area contributed by atoms with Crippen LogP contribution in [0.4, 0.5) is 5.82 Å². The SMILES string of the molecule is C[C@@H]1CC[C@H](C)N1[C@H]1CCCN(c2nc(CN3CCOCC3)nc3scc(-c4cccs4)c23)C1. The molecule has 182 valence electrons. The van der Waals surface area contributed by atoms with Crippen molar-refractivity contribution in [3.63, 3.8) is 0 Å². The molecule has 3 aliphatic rings. The van der Waals surface area contributed by atoms with Gasteiger partial charge in [0.1, 0.15) is 16.5 Å². The van der Waals surface area contributed by atoms with Crippen LogP contribution in [0.25, 0.3) is 20.7 Å². The molecule has 0 aliphatic carbocycles. The summed E-state index contributed by atoms with van der Waals surface area (Å²) >= 11 is 3.58.